The van der Waals surface area contributed by atoms with E-state index in [4.69, 9.17) is 16.6 Å². The van der Waals surface area contributed by atoms with Crippen LogP contribution in [0.25, 0.3) is 0 Å². The Hall–Kier alpha value is -1.78. The van der Waals surface area contributed by atoms with Gasteiger partial charge < -0.3 is 16.6 Å². The highest BCUT2D eigenvalue weighted by atomic mass is 19.1. The van der Waals surface area contributed by atoms with Crippen molar-refractivity contribution in [2.45, 2.75) is 6.42 Å². The Morgan fingerprint density at radius 2 is 2.07 bits per heavy atom. The van der Waals surface area contributed by atoms with E-state index in [2.05, 4.69) is 4.99 Å². The number of guanidine groups is 1. The molecule has 0 heterocycles. The van der Waals surface area contributed by atoms with Crippen molar-refractivity contribution >= 4 is 5.96 Å². The van der Waals surface area contributed by atoms with Crippen molar-refractivity contribution < 1.29 is 9.50 Å². The molecule has 0 fully saturated rings. The summed E-state index contributed by atoms with van der Waals surface area (Å²) in [4.78, 5) is 3.75. The molecule has 1 aromatic rings. The van der Waals surface area contributed by atoms with Crippen molar-refractivity contribution in [2.24, 2.45) is 16.5 Å². The maximum atomic E-state index is 12.8. The van der Waals surface area contributed by atoms with Crippen molar-refractivity contribution in [3.63, 3.8) is 0 Å². The van der Waals surface area contributed by atoms with Crippen LogP contribution < -0.4 is 11.5 Å². The zero-order valence-corrected chi connectivity index (χ0v) is 7.57. The maximum absolute atomic E-state index is 12.8. The van der Waals surface area contributed by atoms with Crippen LogP contribution in [0, 0.1) is 5.82 Å². The van der Waals surface area contributed by atoms with Crippen LogP contribution in [-0.4, -0.2) is 17.6 Å². The fourth-order valence-corrected chi connectivity index (χ4v) is 1.09. The highest BCUT2D eigenvalue weighted by Gasteiger charge is 1.99. The third-order valence-electron chi connectivity index (χ3n) is 1.64. The summed E-state index contributed by atoms with van der Waals surface area (Å²) in [6.45, 7) is 0.380. The lowest BCUT2D eigenvalue weighted by atomic mass is 10.1. The molecule has 1 rings (SSSR count). The third kappa shape index (κ3) is 3.30. The summed E-state index contributed by atoms with van der Waals surface area (Å²) in [5, 5.41) is 9.08. The first kappa shape index (κ1) is 10.3. The molecule has 1 aromatic carbocycles. The van der Waals surface area contributed by atoms with Crippen LogP contribution in [0.3, 0.4) is 0 Å². The molecule has 14 heavy (non-hydrogen) atoms. The Bertz CT molecular complexity index is 328. The highest BCUT2D eigenvalue weighted by Crippen LogP contribution is 2.14. The minimum atomic E-state index is -0.468. The minimum absolute atomic E-state index is 0.00521. The van der Waals surface area contributed by atoms with Gasteiger partial charge in [0.15, 0.2) is 5.96 Å². The summed E-state index contributed by atoms with van der Waals surface area (Å²) < 4.78 is 12.8. The molecule has 0 bridgehead atoms. The number of phenols is 1. The van der Waals surface area contributed by atoms with Gasteiger partial charge in [0.05, 0.1) is 0 Å². The molecule has 0 saturated carbocycles. The monoisotopic (exact) mass is 197 g/mol. The highest BCUT2D eigenvalue weighted by molar-refractivity contribution is 5.75. The Labute approximate surface area is 81.1 Å². The molecule has 0 amide bonds. The first-order chi connectivity index (χ1) is 6.58. The van der Waals surface area contributed by atoms with Gasteiger partial charge in [-0.25, -0.2) is 4.39 Å². The SMILES string of the molecule is NC(N)=NCCc1cc(O)cc(F)c1. The summed E-state index contributed by atoms with van der Waals surface area (Å²) >= 11 is 0. The van der Waals surface area contributed by atoms with Crippen molar-refractivity contribution in [1.82, 2.24) is 0 Å². The second-order valence-corrected chi connectivity index (χ2v) is 2.87. The molecule has 0 aliphatic rings. The van der Waals surface area contributed by atoms with E-state index in [-0.39, 0.29) is 11.7 Å². The number of hydrogen-bond donors (Lipinski definition) is 3. The van der Waals surface area contributed by atoms with E-state index < -0.39 is 5.82 Å². The lowest BCUT2D eigenvalue weighted by Gasteiger charge is -2.00. The van der Waals surface area contributed by atoms with Gasteiger partial charge in [0.25, 0.3) is 0 Å². The van der Waals surface area contributed by atoms with E-state index in [1.807, 2.05) is 0 Å². The Morgan fingerprint density at radius 3 is 2.64 bits per heavy atom. The molecule has 0 aliphatic heterocycles. The molecule has 0 aromatic heterocycles. The molecular weight excluding hydrogens is 185 g/mol. The molecule has 5 heteroatoms. The van der Waals surface area contributed by atoms with Gasteiger partial charge in [-0.2, -0.15) is 0 Å². The quantitative estimate of drug-likeness (QED) is 0.482. The number of aromatic hydroxyl groups is 1. The Kier molecular flexibility index (Phi) is 3.28. The first-order valence-electron chi connectivity index (χ1n) is 4.12. The molecule has 0 unspecified atom stereocenters. The van der Waals surface area contributed by atoms with Gasteiger partial charge in [-0.3, -0.25) is 4.99 Å². The molecule has 5 N–H and O–H groups in total. The molecule has 0 aliphatic carbocycles. The number of nitrogens with zero attached hydrogens (tertiary/aromatic N) is 1. The second-order valence-electron chi connectivity index (χ2n) is 2.87. The molecule has 0 radical (unpaired) electrons. The first-order valence-corrected chi connectivity index (χ1v) is 4.12. The third-order valence-corrected chi connectivity index (χ3v) is 1.64. The molecule has 0 atom stereocenters. The van der Waals surface area contributed by atoms with E-state index in [9.17, 15) is 4.39 Å². The normalized spacial score (nSPS) is 9.79. The van der Waals surface area contributed by atoms with Gasteiger partial charge in [0, 0.05) is 12.6 Å². The number of hydrogen-bond acceptors (Lipinski definition) is 2. The van der Waals surface area contributed by atoms with Crippen LogP contribution in [0.1, 0.15) is 5.56 Å². The van der Waals surface area contributed by atoms with Crippen LogP contribution in [0.15, 0.2) is 23.2 Å². The molecule has 76 valence electrons. The molecule has 4 nitrogen and oxygen atoms in total. The predicted octanol–water partition coefficient (Wildman–Crippen LogP) is 0.347. The lowest BCUT2D eigenvalue weighted by Crippen LogP contribution is -2.23. The van der Waals surface area contributed by atoms with E-state index in [0.29, 0.717) is 18.5 Å². The van der Waals surface area contributed by atoms with Gasteiger partial charge >= 0.3 is 0 Å². The summed E-state index contributed by atoms with van der Waals surface area (Å²) in [5.74, 6) is -0.556. The minimum Gasteiger partial charge on any atom is -0.508 e. The van der Waals surface area contributed by atoms with Gasteiger partial charge in [-0.1, -0.05) is 0 Å². The smallest absolute Gasteiger partial charge is 0.185 e. The topological polar surface area (TPSA) is 84.6 Å². The van der Waals surface area contributed by atoms with E-state index in [1.165, 1.54) is 12.1 Å². The van der Waals surface area contributed by atoms with Crippen molar-refractivity contribution in [3.05, 3.63) is 29.6 Å². The number of rotatable bonds is 3. The van der Waals surface area contributed by atoms with Crippen LogP contribution in [-0.2, 0) is 6.42 Å². The fourth-order valence-electron chi connectivity index (χ4n) is 1.09. The number of aliphatic imine (C=N–C) groups is 1. The number of nitrogens with two attached hydrogens (primary N) is 2. The Morgan fingerprint density at radius 1 is 1.36 bits per heavy atom. The second kappa shape index (κ2) is 4.45. The van der Waals surface area contributed by atoms with Crippen molar-refractivity contribution in [2.75, 3.05) is 6.54 Å². The fraction of sp³-hybridized carbons (Fsp3) is 0.222. The number of halogens is 1. The molecular formula is C9H12FN3O. The largest absolute Gasteiger partial charge is 0.508 e. The van der Waals surface area contributed by atoms with Crippen molar-refractivity contribution in [1.29, 1.82) is 0 Å². The van der Waals surface area contributed by atoms with Gasteiger partial charge in [0.1, 0.15) is 11.6 Å². The van der Waals surface area contributed by atoms with E-state index in [0.717, 1.165) is 6.07 Å². The zero-order chi connectivity index (χ0) is 10.6. The zero-order valence-electron chi connectivity index (χ0n) is 7.57. The van der Waals surface area contributed by atoms with Crippen LogP contribution >= 0.6 is 0 Å². The average molecular weight is 197 g/mol. The Balaban J connectivity index is 2.63. The summed E-state index contributed by atoms with van der Waals surface area (Å²) in [7, 11) is 0. The van der Waals surface area contributed by atoms with E-state index in [1.54, 1.807) is 0 Å². The van der Waals surface area contributed by atoms with Crippen LogP contribution in [0.4, 0.5) is 4.39 Å². The van der Waals surface area contributed by atoms with Crippen LogP contribution in [0.5, 0.6) is 5.75 Å². The lowest BCUT2D eigenvalue weighted by molar-refractivity contribution is 0.468. The summed E-state index contributed by atoms with van der Waals surface area (Å²) in [5.41, 5.74) is 10.9. The van der Waals surface area contributed by atoms with Crippen molar-refractivity contribution in [3.8, 4) is 5.75 Å². The van der Waals surface area contributed by atoms with Gasteiger partial charge in [-0.15, -0.1) is 0 Å². The molecule has 0 saturated heterocycles. The summed E-state index contributed by atoms with van der Waals surface area (Å²) in [6, 6.07) is 3.86. The maximum Gasteiger partial charge on any atom is 0.185 e. The predicted molar refractivity (Wildman–Crippen MR) is 52.4 cm³/mol. The van der Waals surface area contributed by atoms with Gasteiger partial charge in [0.2, 0.25) is 0 Å². The standard InChI is InChI=1S/C9H12FN3O/c10-7-3-6(4-8(14)5-7)1-2-13-9(11)12/h3-5,14H,1-2H2,(H4,11,12,13). The molecule has 0 spiro atoms. The van der Waals surface area contributed by atoms with Crippen LogP contribution in [0.2, 0.25) is 0 Å². The van der Waals surface area contributed by atoms with E-state index >= 15 is 0 Å². The number of phenolic OH excluding ortho intramolecular Hbond substituents is 1. The average Bonchev–Trinajstić information content (AvgIpc) is 2.01. The number of benzene rings is 1. The van der Waals surface area contributed by atoms with Gasteiger partial charge in [-0.05, 0) is 24.1 Å². The summed E-state index contributed by atoms with van der Waals surface area (Å²) in [6.07, 6.45) is 0.489.